The number of amides is 2. The molecule has 6 rings (SSSR count). The van der Waals surface area contributed by atoms with Crippen LogP contribution in [-0.2, 0) is 17.7 Å². The molecular formula is C35H36N4O5S. The van der Waals surface area contributed by atoms with Crippen molar-refractivity contribution in [2.75, 3.05) is 32.1 Å². The summed E-state index contributed by atoms with van der Waals surface area (Å²) in [7, 11) is 1.27. The van der Waals surface area contributed by atoms with Crippen molar-refractivity contribution < 1.29 is 23.9 Å². The SMILES string of the molecule is COC(=O)c1nc(C(=O)N2CCCCC2)ccc1-c1cc2c(cc1C(=O)Nc1c(C)cc(CN)cc1C)-c1sccc1CCO2. The van der Waals surface area contributed by atoms with Crippen molar-refractivity contribution in [3.05, 3.63) is 87.0 Å². The van der Waals surface area contributed by atoms with Crippen LogP contribution in [-0.4, -0.2) is 54.5 Å². The first-order chi connectivity index (χ1) is 21.8. The fraction of sp³-hybridized carbons (Fsp3) is 0.314. The van der Waals surface area contributed by atoms with E-state index < -0.39 is 5.97 Å². The smallest absolute Gasteiger partial charge is 0.357 e. The number of rotatable bonds is 6. The second-order valence-corrected chi connectivity index (χ2v) is 12.4. The van der Waals surface area contributed by atoms with Crippen LogP contribution in [0.5, 0.6) is 5.75 Å². The number of pyridine rings is 1. The van der Waals surface area contributed by atoms with E-state index >= 15 is 0 Å². The van der Waals surface area contributed by atoms with Gasteiger partial charge in [0.05, 0.1) is 13.7 Å². The average molecular weight is 625 g/mol. The van der Waals surface area contributed by atoms with Crippen LogP contribution in [0, 0.1) is 13.8 Å². The molecule has 0 radical (unpaired) electrons. The van der Waals surface area contributed by atoms with Gasteiger partial charge in [-0.3, -0.25) is 9.59 Å². The van der Waals surface area contributed by atoms with Crippen LogP contribution in [0.4, 0.5) is 5.69 Å². The maximum atomic E-state index is 14.3. The van der Waals surface area contributed by atoms with E-state index in [-0.39, 0.29) is 23.2 Å². The molecule has 10 heteroatoms. The first-order valence-electron chi connectivity index (χ1n) is 15.2. The van der Waals surface area contributed by atoms with Gasteiger partial charge in [0.15, 0.2) is 5.69 Å². The molecule has 4 heterocycles. The van der Waals surface area contributed by atoms with Crippen molar-refractivity contribution in [2.24, 2.45) is 5.73 Å². The third-order valence-corrected chi connectivity index (χ3v) is 9.47. The number of esters is 1. The predicted molar refractivity (Wildman–Crippen MR) is 175 cm³/mol. The topological polar surface area (TPSA) is 124 Å². The Kier molecular flexibility index (Phi) is 8.69. The third kappa shape index (κ3) is 5.95. The minimum Gasteiger partial charge on any atom is -0.493 e. The standard InChI is InChI=1S/C35H36N4O5S/c1-20-15-22(19-36)16-21(2)30(20)38-33(40)26-17-27-29(44-13-9-23-10-14-45-32(23)27)18-25(26)24-7-8-28(37-31(24)35(42)43-3)34(41)39-11-5-4-6-12-39/h7-8,10,14-18H,4-6,9,11-13,19,36H2,1-3H3,(H,38,40). The molecule has 2 amide bonds. The molecule has 4 aromatic rings. The van der Waals surface area contributed by atoms with Crippen LogP contribution in [0.3, 0.4) is 0 Å². The first kappa shape index (κ1) is 30.5. The summed E-state index contributed by atoms with van der Waals surface area (Å²) in [6.45, 7) is 6.04. The maximum absolute atomic E-state index is 14.3. The number of aromatic nitrogens is 1. The van der Waals surface area contributed by atoms with Crippen molar-refractivity contribution in [1.82, 2.24) is 9.88 Å². The molecule has 0 bridgehead atoms. The normalized spacial score (nSPS) is 14.1. The number of carbonyl (C=O) groups is 3. The summed E-state index contributed by atoms with van der Waals surface area (Å²) >= 11 is 1.59. The van der Waals surface area contributed by atoms with Gasteiger partial charge in [-0.1, -0.05) is 12.1 Å². The van der Waals surface area contributed by atoms with E-state index in [4.69, 9.17) is 15.2 Å². The number of likely N-dealkylation sites (tertiary alicyclic amines) is 1. The number of anilines is 1. The van der Waals surface area contributed by atoms with Gasteiger partial charge in [-0.15, -0.1) is 11.3 Å². The molecule has 1 fully saturated rings. The van der Waals surface area contributed by atoms with E-state index in [1.54, 1.807) is 34.4 Å². The van der Waals surface area contributed by atoms with Crippen LogP contribution >= 0.6 is 11.3 Å². The van der Waals surface area contributed by atoms with E-state index in [0.29, 0.717) is 54.4 Å². The highest BCUT2D eigenvalue weighted by Gasteiger charge is 2.28. The first-order valence-corrected chi connectivity index (χ1v) is 16.0. The Labute approximate surface area is 266 Å². The molecule has 45 heavy (non-hydrogen) atoms. The number of aryl methyl sites for hydroxylation is 2. The number of thiophene rings is 1. The fourth-order valence-corrected chi connectivity index (χ4v) is 7.16. The molecule has 0 spiro atoms. The van der Waals surface area contributed by atoms with Crippen molar-refractivity contribution in [2.45, 2.75) is 46.1 Å². The minimum atomic E-state index is -0.704. The van der Waals surface area contributed by atoms with Gasteiger partial charge in [0.25, 0.3) is 11.8 Å². The summed E-state index contributed by atoms with van der Waals surface area (Å²) in [4.78, 5) is 48.1. The second kappa shape index (κ2) is 12.8. The Morgan fingerprint density at radius 3 is 2.47 bits per heavy atom. The van der Waals surface area contributed by atoms with Gasteiger partial charge in [-0.2, -0.15) is 0 Å². The number of hydrogen-bond donors (Lipinski definition) is 2. The lowest BCUT2D eigenvalue weighted by atomic mass is 9.93. The third-order valence-electron chi connectivity index (χ3n) is 8.48. The Morgan fingerprint density at radius 2 is 1.76 bits per heavy atom. The molecule has 2 aliphatic heterocycles. The van der Waals surface area contributed by atoms with Gasteiger partial charge < -0.3 is 25.4 Å². The Bertz CT molecular complexity index is 1780. The van der Waals surface area contributed by atoms with Crippen LogP contribution in [0.2, 0.25) is 0 Å². The summed E-state index contributed by atoms with van der Waals surface area (Å²) in [5.41, 5.74) is 12.6. The summed E-state index contributed by atoms with van der Waals surface area (Å²) in [5.74, 6) is -0.685. The quantitative estimate of drug-likeness (QED) is 0.247. The number of ether oxygens (including phenoxy) is 2. The number of benzene rings is 2. The van der Waals surface area contributed by atoms with E-state index in [1.807, 2.05) is 37.4 Å². The highest BCUT2D eigenvalue weighted by Crippen LogP contribution is 2.43. The molecule has 0 atom stereocenters. The van der Waals surface area contributed by atoms with Crippen LogP contribution in [0.15, 0.2) is 47.8 Å². The lowest BCUT2D eigenvalue weighted by molar-refractivity contribution is 0.0594. The Morgan fingerprint density at radius 1 is 1.00 bits per heavy atom. The predicted octanol–water partition coefficient (Wildman–Crippen LogP) is 6.15. The van der Waals surface area contributed by atoms with Gasteiger partial charge in [-0.25, -0.2) is 9.78 Å². The van der Waals surface area contributed by atoms with Gasteiger partial charge in [0.2, 0.25) is 0 Å². The van der Waals surface area contributed by atoms with Gasteiger partial charge in [0.1, 0.15) is 11.4 Å². The van der Waals surface area contributed by atoms with E-state index in [9.17, 15) is 14.4 Å². The minimum absolute atomic E-state index is 0.0422. The average Bonchev–Trinajstić information content (AvgIpc) is 3.46. The van der Waals surface area contributed by atoms with Crippen molar-refractivity contribution >= 4 is 34.8 Å². The number of nitrogens with zero attached hydrogens (tertiary/aromatic N) is 2. The number of nitrogens with two attached hydrogens (primary N) is 1. The lowest BCUT2D eigenvalue weighted by Gasteiger charge is -2.26. The largest absolute Gasteiger partial charge is 0.493 e. The Balaban J connectivity index is 1.51. The zero-order chi connectivity index (χ0) is 31.7. The van der Waals surface area contributed by atoms with Crippen molar-refractivity contribution in [3.63, 3.8) is 0 Å². The van der Waals surface area contributed by atoms with Gasteiger partial charge in [0, 0.05) is 58.9 Å². The van der Waals surface area contributed by atoms with Crippen molar-refractivity contribution in [3.8, 4) is 27.3 Å². The highest BCUT2D eigenvalue weighted by atomic mass is 32.1. The Hall–Kier alpha value is -4.54. The monoisotopic (exact) mass is 624 g/mol. The summed E-state index contributed by atoms with van der Waals surface area (Å²) in [6.07, 6.45) is 3.68. The number of carbonyl (C=O) groups excluding carboxylic acids is 3. The van der Waals surface area contributed by atoms with E-state index in [0.717, 1.165) is 58.4 Å². The van der Waals surface area contributed by atoms with E-state index in [1.165, 1.54) is 7.11 Å². The molecule has 3 N–H and O–H groups in total. The molecule has 0 aliphatic carbocycles. The fourth-order valence-electron chi connectivity index (χ4n) is 6.18. The molecule has 0 saturated carbocycles. The number of hydrogen-bond acceptors (Lipinski definition) is 8. The zero-order valence-corrected chi connectivity index (χ0v) is 26.5. The highest BCUT2D eigenvalue weighted by molar-refractivity contribution is 7.13. The number of nitrogens with one attached hydrogen (secondary N) is 1. The van der Waals surface area contributed by atoms with Crippen LogP contribution < -0.4 is 15.8 Å². The molecular weight excluding hydrogens is 588 g/mol. The molecule has 2 aromatic heterocycles. The lowest BCUT2D eigenvalue weighted by Crippen LogP contribution is -2.36. The van der Waals surface area contributed by atoms with Crippen molar-refractivity contribution in [1.29, 1.82) is 0 Å². The molecule has 2 aliphatic rings. The van der Waals surface area contributed by atoms with Gasteiger partial charge in [-0.05, 0) is 91.1 Å². The summed E-state index contributed by atoms with van der Waals surface area (Å²) in [5, 5.41) is 5.16. The molecule has 232 valence electrons. The number of methoxy groups -OCH3 is 1. The van der Waals surface area contributed by atoms with Crippen LogP contribution in [0.25, 0.3) is 21.6 Å². The molecule has 2 aromatic carbocycles. The van der Waals surface area contributed by atoms with E-state index in [2.05, 4.69) is 16.4 Å². The number of piperidine rings is 1. The molecule has 1 saturated heterocycles. The maximum Gasteiger partial charge on any atom is 0.357 e. The van der Waals surface area contributed by atoms with Crippen LogP contribution in [0.1, 0.15) is 72.9 Å². The summed E-state index contributed by atoms with van der Waals surface area (Å²) < 4.78 is 11.3. The van der Waals surface area contributed by atoms with Gasteiger partial charge >= 0.3 is 5.97 Å². The molecule has 9 nitrogen and oxygen atoms in total. The zero-order valence-electron chi connectivity index (χ0n) is 25.7. The summed E-state index contributed by atoms with van der Waals surface area (Å²) in [6, 6.07) is 12.9. The number of fused-ring (bicyclic) bond motifs is 3. The molecule has 0 unspecified atom stereocenters. The second-order valence-electron chi connectivity index (χ2n) is 11.5.